The molecule has 0 saturated heterocycles. The highest BCUT2D eigenvalue weighted by Crippen LogP contribution is 2.16. The van der Waals surface area contributed by atoms with Gasteiger partial charge in [-0.25, -0.2) is 4.79 Å². The number of aromatic amines is 1. The number of H-pyrrole nitrogens is 1. The maximum absolute atomic E-state index is 11.8. The van der Waals surface area contributed by atoms with Gasteiger partial charge in [0.25, 0.3) is 5.91 Å². The van der Waals surface area contributed by atoms with Gasteiger partial charge in [-0.05, 0) is 29.2 Å². The smallest absolute Gasteiger partial charge is 0.328 e. The van der Waals surface area contributed by atoms with Crippen LogP contribution in [-0.2, 0) is 11.3 Å². The Hall–Kier alpha value is -2.05. The molecule has 1 amide bonds. The Morgan fingerprint density at radius 2 is 2.25 bits per heavy atom. The zero-order chi connectivity index (χ0) is 14.5. The minimum atomic E-state index is -0.991. The summed E-state index contributed by atoms with van der Waals surface area (Å²) >= 11 is 7.17. The molecule has 3 N–H and O–H groups in total. The second kappa shape index (κ2) is 6.40. The number of thiophene rings is 1. The number of aliphatic carboxylic acids is 1. The average Bonchev–Trinajstić information content (AvgIpc) is 3.02. The first-order valence-electron chi connectivity index (χ1n) is 5.65. The van der Waals surface area contributed by atoms with E-state index < -0.39 is 5.97 Å². The summed E-state index contributed by atoms with van der Waals surface area (Å²) in [5.74, 6) is -1.23. The lowest BCUT2D eigenvalue weighted by molar-refractivity contribution is -0.131. The molecule has 2 heterocycles. The molecule has 0 unspecified atom stereocenters. The van der Waals surface area contributed by atoms with Gasteiger partial charge in [0, 0.05) is 17.2 Å². The fourth-order valence-corrected chi connectivity index (χ4v) is 2.46. The summed E-state index contributed by atoms with van der Waals surface area (Å²) in [5.41, 5.74) is 1.20. The topological polar surface area (TPSA) is 82.2 Å². The first-order valence-corrected chi connectivity index (χ1v) is 6.91. The second-order valence-corrected chi connectivity index (χ2v) is 5.36. The Morgan fingerprint density at radius 3 is 2.90 bits per heavy atom. The van der Waals surface area contributed by atoms with Crippen LogP contribution in [0.2, 0.25) is 5.02 Å². The molecule has 5 nitrogen and oxygen atoms in total. The third-order valence-corrected chi connectivity index (χ3v) is 3.58. The van der Waals surface area contributed by atoms with Crippen LogP contribution in [0.25, 0.3) is 6.08 Å². The Labute approximate surface area is 123 Å². The number of halogens is 1. The van der Waals surface area contributed by atoms with Crippen LogP contribution in [0.15, 0.2) is 29.8 Å². The number of carboxylic acid groups (broad SMARTS) is 1. The van der Waals surface area contributed by atoms with Crippen molar-refractivity contribution in [1.82, 2.24) is 10.3 Å². The van der Waals surface area contributed by atoms with E-state index in [9.17, 15) is 9.59 Å². The second-order valence-electron chi connectivity index (χ2n) is 3.93. The number of hydrogen-bond donors (Lipinski definition) is 3. The summed E-state index contributed by atoms with van der Waals surface area (Å²) in [7, 11) is 0. The van der Waals surface area contributed by atoms with Gasteiger partial charge in [0.1, 0.15) is 5.69 Å². The van der Waals surface area contributed by atoms with E-state index in [-0.39, 0.29) is 5.91 Å². The average molecular weight is 311 g/mol. The zero-order valence-corrected chi connectivity index (χ0v) is 11.8. The molecule has 0 aromatic carbocycles. The molecule has 0 aliphatic carbocycles. The largest absolute Gasteiger partial charge is 0.478 e. The van der Waals surface area contributed by atoms with Gasteiger partial charge in [0.05, 0.1) is 11.6 Å². The molecular weight excluding hydrogens is 300 g/mol. The number of rotatable bonds is 5. The van der Waals surface area contributed by atoms with E-state index in [1.165, 1.54) is 23.6 Å². The van der Waals surface area contributed by atoms with Gasteiger partial charge in [-0.1, -0.05) is 11.6 Å². The van der Waals surface area contributed by atoms with Crippen molar-refractivity contribution in [3.63, 3.8) is 0 Å². The summed E-state index contributed by atoms with van der Waals surface area (Å²) < 4.78 is 0. The van der Waals surface area contributed by atoms with Gasteiger partial charge in [-0.2, -0.15) is 0 Å². The van der Waals surface area contributed by atoms with Crippen LogP contribution in [0.3, 0.4) is 0 Å². The van der Waals surface area contributed by atoms with Crippen molar-refractivity contribution in [2.75, 3.05) is 0 Å². The molecule has 0 radical (unpaired) electrons. The van der Waals surface area contributed by atoms with E-state index >= 15 is 0 Å². The highest BCUT2D eigenvalue weighted by Gasteiger charge is 2.08. The summed E-state index contributed by atoms with van der Waals surface area (Å²) in [4.78, 5) is 25.9. The van der Waals surface area contributed by atoms with E-state index in [0.717, 1.165) is 16.5 Å². The fraction of sp³-hybridized carbons (Fsp3) is 0.0769. The number of nitrogens with one attached hydrogen (secondary N) is 2. The van der Waals surface area contributed by atoms with Crippen molar-refractivity contribution in [1.29, 1.82) is 0 Å². The molecule has 2 aromatic heterocycles. The Balaban J connectivity index is 1.91. The molecule has 0 bridgehead atoms. The third-order valence-electron chi connectivity index (χ3n) is 2.41. The van der Waals surface area contributed by atoms with Crippen LogP contribution < -0.4 is 5.32 Å². The Morgan fingerprint density at radius 1 is 1.45 bits per heavy atom. The minimum absolute atomic E-state index is 0.243. The first kappa shape index (κ1) is 14.4. The number of amides is 1. The molecule has 0 fully saturated rings. The molecule has 0 atom stereocenters. The van der Waals surface area contributed by atoms with Crippen molar-refractivity contribution in [2.24, 2.45) is 0 Å². The van der Waals surface area contributed by atoms with Gasteiger partial charge >= 0.3 is 5.97 Å². The number of carboxylic acids is 1. The van der Waals surface area contributed by atoms with Crippen LogP contribution in [0.4, 0.5) is 0 Å². The molecule has 20 heavy (non-hydrogen) atoms. The van der Waals surface area contributed by atoms with Gasteiger partial charge in [0.15, 0.2) is 0 Å². The van der Waals surface area contributed by atoms with Crippen LogP contribution in [0.1, 0.15) is 20.9 Å². The molecule has 0 aliphatic heterocycles. The van der Waals surface area contributed by atoms with E-state index in [1.807, 2.05) is 11.4 Å². The molecule has 0 spiro atoms. The summed E-state index contributed by atoms with van der Waals surface area (Å²) in [6, 6.07) is 3.37. The molecule has 0 aliphatic rings. The van der Waals surface area contributed by atoms with Crippen LogP contribution >= 0.6 is 22.9 Å². The number of carbonyl (C=O) groups is 2. The van der Waals surface area contributed by atoms with Crippen molar-refractivity contribution < 1.29 is 14.7 Å². The number of aromatic nitrogens is 1. The minimum Gasteiger partial charge on any atom is -0.478 e. The lowest BCUT2D eigenvalue weighted by Gasteiger charge is -2.00. The number of carbonyl (C=O) groups excluding carboxylic acids is 1. The summed E-state index contributed by atoms with van der Waals surface area (Å²) in [5, 5.41) is 13.6. The molecule has 0 saturated carbocycles. The van der Waals surface area contributed by atoms with Crippen molar-refractivity contribution in [2.45, 2.75) is 6.54 Å². The van der Waals surface area contributed by atoms with E-state index in [1.54, 1.807) is 6.07 Å². The predicted molar refractivity (Wildman–Crippen MR) is 78.0 cm³/mol. The zero-order valence-electron chi connectivity index (χ0n) is 10.2. The predicted octanol–water partition coefficient (Wildman–Crippen LogP) is 2.76. The van der Waals surface area contributed by atoms with Gasteiger partial charge in [-0.15, -0.1) is 11.3 Å². The molecule has 104 valence electrons. The van der Waals surface area contributed by atoms with E-state index in [0.29, 0.717) is 17.3 Å². The first-order chi connectivity index (χ1) is 9.54. The Kier molecular flexibility index (Phi) is 4.60. The van der Waals surface area contributed by atoms with E-state index in [2.05, 4.69) is 10.3 Å². The summed E-state index contributed by atoms with van der Waals surface area (Å²) in [6.45, 7) is 0.376. The normalized spacial score (nSPS) is 10.8. The van der Waals surface area contributed by atoms with Gasteiger partial charge < -0.3 is 15.4 Å². The molecule has 7 heteroatoms. The van der Waals surface area contributed by atoms with Crippen molar-refractivity contribution in [3.05, 3.63) is 50.9 Å². The quantitative estimate of drug-likeness (QED) is 0.743. The van der Waals surface area contributed by atoms with Crippen molar-refractivity contribution >= 4 is 40.9 Å². The maximum Gasteiger partial charge on any atom is 0.328 e. The standard InChI is InChI=1S/C13H11ClN2O3S/c14-9-4-11(15-5-9)13(19)16-6-10-3-8(7-20-10)1-2-12(17)18/h1-5,7,15H,6H2,(H,16,19)(H,17,18). The van der Waals surface area contributed by atoms with Crippen LogP contribution in [0, 0.1) is 0 Å². The molecular formula is C13H11ClN2O3S. The number of hydrogen-bond acceptors (Lipinski definition) is 3. The van der Waals surface area contributed by atoms with Crippen LogP contribution in [0.5, 0.6) is 0 Å². The van der Waals surface area contributed by atoms with Crippen LogP contribution in [-0.4, -0.2) is 22.0 Å². The third kappa shape index (κ3) is 3.97. The Bertz CT molecular complexity index is 660. The van der Waals surface area contributed by atoms with Gasteiger partial charge in [0.2, 0.25) is 0 Å². The SMILES string of the molecule is O=C(O)C=Cc1csc(CNC(=O)c2cc(Cl)c[nH]2)c1. The lowest BCUT2D eigenvalue weighted by Crippen LogP contribution is -2.22. The lowest BCUT2D eigenvalue weighted by atomic mass is 10.3. The molecule has 2 rings (SSSR count). The molecule has 2 aromatic rings. The van der Waals surface area contributed by atoms with Gasteiger partial charge in [-0.3, -0.25) is 4.79 Å². The maximum atomic E-state index is 11.8. The fourth-order valence-electron chi connectivity index (χ4n) is 1.51. The highest BCUT2D eigenvalue weighted by atomic mass is 35.5. The van der Waals surface area contributed by atoms with Crippen molar-refractivity contribution in [3.8, 4) is 0 Å². The summed E-state index contributed by atoms with van der Waals surface area (Å²) in [6.07, 6.45) is 4.12. The van der Waals surface area contributed by atoms with E-state index in [4.69, 9.17) is 16.7 Å². The highest BCUT2D eigenvalue weighted by molar-refractivity contribution is 7.10. The monoisotopic (exact) mass is 310 g/mol.